The van der Waals surface area contributed by atoms with Gasteiger partial charge >= 0.3 is 0 Å². The summed E-state index contributed by atoms with van der Waals surface area (Å²) in [5, 5.41) is 9.32. The Morgan fingerprint density at radius 2 is 1.75 bits per heavy atom. The third kappa shape index (κ3) is 3.12. The second-order valence-electron chi connectivity index (χ2n) is 4.66. The number of aromatic hydroxyl groups is 1. The van der Waals surface area contributed by atoms with E-state index in [0.29, 0.717) is 5.56 Å². The topological polar surface area (TPSA) is 40.5 Å². The molecule has 2 rings (SSSR count). The fourth-order valence-corrected chi connectivity index (χ4v) is 2.60. The maximum Gasteiger partial charge on any atom is 0.255 e. The molecule has 104 valence electrons. The highest BCUT2D eigenvalue weighted by molar-refractivity contribution is 14.1. The molecule has 0 saturated heterocycles. The third-order valence-electron chi connectivity index (χ3n) is 3.38. The van der Waals surface area contributed by atoms with Crippen molar-refractivity contribution in [3.8, 4) is 5.75 Å². The molecule has 0 saturated carbocycles. The average Bonchev–Trinajstić information content (AvgIpc) is 2.46. The maximum atomic E-state index is 12.5. The summed E-state index contributed by atoms with van der Waals surface area (Å²) in [5.74, 6) is 0.225. The van der Waals surface area contributed by atoms with Gasteiger partial charge in [-0.1, -0.05) is 24.3 Å². The van der Waals surface area contributed by atoms with E-state index in [-0.39, 0.29) is 17.7 Å². The van der Waals surface area contributed by atoms with Crippen LogP contribution in [0.4, 0.5) is 0 Å². The highest BCUT2D eigenvalue weighted by Crippen LogP contribution is 2.23. The van der Waals surface area contributed by atoms with Gasteiger partial charge in [-0.05, 0) is 59.3 Å². The van der Waals surface area contributed by atoms with Crippen LogP contribution < -0.4 is 0 Å². The van der Waals surface area contributed by atoms with Crippen molar-refractivity contribution < 1.29 is 9.90 Å². The van der Waals surface area contributed by atoms with E-state index >= 15 is 0 Å². The number of halogens is 1. The highest BCUT2D eigenvalue weighted by Gasteiger charge is 2.20. The van der Waals surface area contributed by atoms with E-state index in [0.717, 1.165) is 9.13 Å². The SMILES string of the molecule is CC(c1ccc(O)cc1)N(C)C(=O)c1ccccc1I. The van der Waals surface area contributed by atoms with Crippen LogP contribution in [0.2, 0.25) is 0 Å². The minimum absolute atomic E-state index is 0.00410. The Morgan fingerprint density at radius 3 is 2.35 bits per heavy atom. The van der Waals surface area contributed by atoms with Crippen LogP contribution in [-0.2, 0) is 0 Å². The quantitative estimate of drug-likeness (QED) is 0.822. The fraction of sp³-hybridized carbons (Fsp3) is 0.188. The fourth-order valence-electron chi connectivity index (χ4n) is 1.98. The molecule has 0 aliphatic rings. The number of benzene rings is 2. The van der Waals surface area contributed by atoms with Crippen molar-refractivity contribution in [2.45, 2.75) is 13.0 Å². The molecule has 20 heavy (non-hydrogen) atoms. The molecule has 0 spiro atoms. The second kappa shape index (κ2) is 6.26. The van der Waals surface area contributed by atoms with Gasteiger partial charge in [0.15, 0.2) is 0 Å². The Balaban J connectivity index is 2.22. The number of carbonyl (C=O) groups is 1. The Bertz CT molecular complexity index is 610. The Hall–Kier alpha value is -1.56. The lowest BCUT2D eigenvalue weighted by molar-refractivity contribution is 0.0741. The van der Waals surface area contributed by atoms with Crippen LogP contribution in [-0.4, -0.2) is 23.0 Å². The summed E-state index contributed by atoms with van der Waals surface area (Å²) in [6.07, 6.45) is 0. The molecule has 0 heterocycles. The number of carbonyl (C=O) groups excluding carboxylic acids is 1. The predicted molar refractivity (Wildman–Crippen MR) is 87.8 cm³/mol. The first-order valence-electron chi connectivity index (χ1n) is 6.31. The molecule has 2 aromatic rings. The normalized spacial score (nSPS) is 11.9. The highest BCUT2D eigenvalue weighted by atomic mass is 127. The first kappa shape index (κ1) is 14.8. The molecule has 4 heteroatoms. The van der Waals surface area contributed by atoms with Gasteiger partial charge in [-0.15, -0.1) is 0 Å². The summed E-state index contributed by atoms with van der Waals surface area (Å²) in [7, 11) is 1.79. The number of hydrogen-bond donors (Lipinski definition) is 1. The molecule has 0 aromatic heterocycles. The van der Waals surface area contributed by atoms with Gasteiger partial charge in [0.25, 0.3) is 5.91 Å². The monoisotopic (exact) mass is 381 g/mol. The third-order valence-corrected chi connectivity index (χ3v) is 4.32. The van der Waals surface area contributed by atoms with Crippen LogP contribution in [0.5, 0.6) is 5.75 Å². The van der Waals surface area contributed by atoms with Gasteiger partial charge in [-0.3, -0.25) is 4.79 Å². The molecule has 3 nitrogen and oxygen atoms in total. The van der Waals surface area contributed by atoms with Gasteiger partial charge in [0.2, 0.25) is 0 Å². The number of rotatable bonds is 3. The van der Waals surface area contributed by atoms with Gasteiger partial charge in [-0.25, -0.2) is 0 Å². The van der Waals surface area contributed by atoms with Crippen LogP contribution in [0.3, 0.4) is 0 Å². The van der Waals surface area contributed by atoms with Gasteiger partial charge in [0.1, 0.15) is 5.75 Å². The van der Waals surface area contributed by atoms with E-state index < -0.39 is 0 Å². The van der Waals surface area contributed by atoms with E-state index in [2.05, 4.69) is 22.6 Å². The van der Waals surface area contributed by atoms with Crippen LogP contribution in [0.25, 0.3) is 0 Å². The van der Waals surface area contributed by atoms with Crippen molar-refractivity contribution in [1.29, 1.82) is 0 Å². The van der Waals surface area contributed by atoms with Crippen LogP contribution >= 0.6 is 22.6 Å². The number of hydrogen-bond acceptors (Lipinski definition) is 2. The molecule has 0 radical (unpaired) electrons. The van der Waals surface area contributed by atoms with Crippen molar-refractivity contribution in [3.05, 3.63) is 63.2 Å². The summed E-state index contributed by atoms with van der Waals surface area (Å²) in [6, 6.07) is 14.4. The van der Waals surface area contributed by atoms with Crippen LogP contribution in [0.1, 0.15) is 28.9 Å². The van der Waals surface area contributed by atoms with Gasteiger partial charge in [0, 0.05) is 10.6 Å². The predicted octanol–water partition coefficient (Wildman–Crippen LogP) is 3.83. The molecular weight excluding hydrogens is 365 g/mol. The zero-order valence-electron chi connectivity index (χ0n) is 11.4. The Morgan fingerprint density at radius 1 is 1.15 bits per heavy atom. The zero-order chi connectivity index (χ0) is 14.7. The van der Waals surface area contributed by atoms with Crippen molar-refractivity contribution in [2.75, 3.05) is 7.05 Å². The summed E-state index contributed by atoms with van der Waals surface area (Å²) in [4.78, 5) is 14.2. The molecule has 2 aromatic carbocycles. The van der Waals surface area contributed by atoms with Crippen molar-refractivity contribution in [1.82, 2.24) is 4.90 Å². The Kier molecular flexibility index (Phi) is 4.65. The van der Waals surface area contributed by atoms with Gasteiger partial charge < -0.3 is 10.0 Å². The molecule has 1 atom stereocenters. The Labute approximate surface area is 132 Å². The smallest absolute Gasteiger partial charge is 0.255 e. The van der Waals surface area contributed by atoms with Gasteiger partial charge in [-0.2, -0.15) is 0 Å². The molecule has 0 fully saturated rings. The molecule has 1 amide bonds. The molecule has 0 bridgehead atoms. The zero-order valence-corrected chi connectivity index (χ0v) is 13.5. The van der Waals surface area contributed by atoms with E-state index in [1.807, 2.05) is 43.3 Å². The molecule has 0 aliphatic carbocycles. The van der Waals surface area contributed by atoms with Gasteiger partial charge in [0.05, 0.1) is 11.6 Å². The molecule has 0 aliphatic heterocycles. The van der Waals surface area contributed by atoms with Crippen molar-refractivity contribution in [3.63, 3.8) is 0 Å². The van der Waals surface area contributed by atoms with Crippen LogP contribution in [0.15, 0.2) is 48.5 Å². The average molecular weight is 381 g/mol. The minimum atomic E-state index is -0.0564. The lowest BCUT2D eigenvalue weighted by Crippen LogP contribution is -2.30. The lowest BCUT2D eigenvalue weighted by Gasteiger charge is -2.26. The molecule has 1 unspecified atom stereocenters. The van der Waals surface area contributed by atoms with Crippen molar-refractivity contribution in [2.24, 2.45) is 0 Å². The minimum Gasteiger partial charge on any atom is -0.508 e. The standard InChI is InChI=1S/C16H16INO2/c1-11(12-7-9-13(19)10-8-12)18(2)16(20)14-5-3-4-6-15(14)17/h3-11,19H,1-2H3. The second-order valence-corrected chi connectivity index (χ2v) is 5.83. The summed E-state index contributed by atoms with van der Waals surface area (Å²) < 4.78 is 0.944. The first-order valence-corrected chi connectivity index (χ1v) is 7.39. The number of phenolic OH excluding ortho intramolecular Hbond substituents is 1. The van der Waals surface area contributed by atoms with Crippen molar-refractivity contribution >= 4 is 28.5 Å². The molecular formula is C16H16INO2. The summed E-state index contributed by atoms with van der Waals surface area (Å²) >= 11 is 2.17. The summed E-state index contributed by atoms with van der Waals surface area (Å²) in [5.41, 5.74) is 1.70. The lowest BCUT2D eigenvalue weighted by atomic mass is 10.1. The number of nitrogens with zero attached hydrogens (tertiary/aromatic N) is 1. The van der Waals surface area contributed by atoms with E-state index in [9.17, 15) is 9.90 Å². The van der Waals surface area contributed by atoms with E-state index in [1.165, 1.54) is 0 Å². The molecule has 1 N–H and O–H groups in total. The van der Waals surface area contributed by atoms with E-state index in [1.54, 1.807) is 24.1 Å². The first-order chi connectivity index (χ1) is 9.50. The largest absolute Gasteiger partial charge is 0.508 e. The maximum absolute atomic E-state index is 12.5. The van der Waals surface area contributed by atoms with Crippen LogP contribution in [0, 0.1) is 3.57 Å². The van der Waals surface area contributed by atoms with E-state index in [4.69, 9.17) is 0 Å². The number of phenols is 1. The number of amides is 1. The summed E-state index contributed by atoms with van der Waals surface area (Å²) in [6.45, 7) is 1.97.